The van der Waals surface area contributed by atoms with Crippen molar-refractivity contribution >= 4 is 38.7 Å². The number of nitrogens with one attached hydrogen (secondary N) is 1. The standard InChI is InChI=1S/C19H24N2O5S2.ClH/c1-21(2)12-11-20-19(22)15-9-6-10-16-18(15)17(13-27(16,23)24)28(25,26)14-7-4-3-5-8-14;/h3-10,17,23-24H,11-13H2,1-2H3,(H,20,22);1H. The van der Waals surface area contributed by atoms with Gasteiger partial charge in [-0.05, 0) is 38.4 Å². The summed E-state index contributed by atoms with van der Waals surface area (Å²) in [6.07, 6.45) is 0. The molecule has 3 rings (SSSR count). The molecule has 7 nitrogen and oxygen atoms in total. The third-order valence-electron chi connectivity index (χ3n) is 4.66. The molecule has 0 radical (unpaired) electrons. The first-order valence-electron chi connectivity index (χ1n) is 8.75. The van der Waals surface area contributed by atoms with E-state index in [-0.39, 0.29) is 39.1 Å². The summed E-state index contributed by atoms with van der Waals surface area (Å²) in [4.78, 5) is 14.9. The van der Waals surface area contributed by atoms with Gasteiger partial charge in [0.05, 0.1) is 15.5 Å². The lowest BCUT2D eigenvalue weighted by atomic mass is 10.0. The molecular formula is C19H25ClN2O5S2. The summed E-state index contributed by atoms with van der Waals surface area (Å²) in [6.45, 7) is 1.02. The molecule has 0 saturated carbocycles. The minimum Gasteiger partial charge on any atom is -0.351 e. The van der Waals surface area contributed by atoms with Crippen LogP contribution in [0.5, 0.6) is 0 Å². The molecule has 2 aromatic carbocycles. The number of benzene rings is 2. The van der Waals surface area contributed by atoms with Gasteiger partial charge >= 0.3 is 0 Å². The van der Waals surface area contributed by atoms with Gasteiger partial charge in [-0.25, -0.2) is 8.42 Å². The number of hydrogen-bond donors (Lipinski definition) is 3. The fourth-order valence-corrected chi connectivity index (χ4v) is 7.71. The number of nitrogens with zero attached hydrogens (tertiary/aromatic N) is 1. The Bertz CT molecular complexity index is 981. The lowest BCUT2D eigenvalue weighted by Gasteiger charge is -2.27. The maximum atomic E-state index is 13.2. The summed E-state index contributed by atoms with van der Waals surface area (Å²) in [5, 5.41) is 1.58. The molecule has 2 aromatic rings. The summed E-state index contributed by atoms with van der Waals surface area (Å²) in [5.74, 6) is -0.772. The first-order valence-corrected chi connectivity index (χ1v) is 12.0. The van der Waals surface area contributed by atoms with E-state index in [1.807, 2.05) is 19.0 Å². The number of fused-ring (bicyclic) bond motifs is 1. The maximum absolute atomic E-state index is 13.2. The number of carbonyl (C=O) groups excluding carboxylic acids is 1. The SMILES string of the molecule is CN(C)CCNC(=O)c1cccc2c1C(S(=O)(=O)c1ccccc1)CS2(O)O.Cl. The van der Waals surface area contributed by atoms with Crippen molar-refractivity contribution in [3.63, 3.8) is 0 Å². The second-order valence-corrected chi connectivity index (χ2v) is 11.2. The fourth-order valence-electron chi connectivity index (χ4n) is 3.25. The van der Waals surface area contributed by atoms with Crippen LogP contribution in [0.3, 0.4) is 0 Å². The molecule has 1 atom stereocenters. The highest BCUT2D eigenvalue weighted by atomic mass is 35.5. The van der Waals surface area contributed by atoms with Crippen molar-refractivity contribution in [2.24, 2.45) is 0 Å². The zero-order valence-electron chi connectivity index (χ0n) is 16.1. The van der Waals surface area contributed by atoms with Gasteiger partial charge in [0.2, 0.25) is 0 Å². The molecule has 0 aliphatic carbocycles. The van der Waals surface area contributed by atoms with Crippen molar-refractivity contribution in [2.45, 2.75) is 15.0 Å². The summed E-state index contributed by atoms with van der Waals surface area (Å²) in [7, 11) is -3.45. The van der Waals surface area contributed by atoms with E-state index in [9.17, 15) is 22.3 Å². The largest absolute Gasteiger partial charge is 0.351 e. The number of carbonyl (C=O) groups is 1. The average Bonchev–Trinajstić information content (AvgIpc) is 2.94. The van der Waals surface area contributed by atoms with Gasteiger partial charge in [0.15, 0.2) is 9.84 Å². The Morgan fingerprint density at radius 3 is 2.41 bits per heavy atom. The molecule has 10 heteroatoms. The van der Waals surface area contributed by atoms with Crippen LogP contribution in [-0.2, 0) is 9.84 Å². The van der Waals surface area contributed by atoms with Crippen LogP contribution in [-0.4, -0.2) is 61.3 Å². The van der Waals surface area contributed by atoms with E-state index in [4.69, 9.17) is 0 Å². The van der Waals surface area contributed by atoms with Gasteiger partial charge in [0.25, 0.3) is 5.91 Å². The van der Waals surface area contributed by atoms with Crippen LogP contribution in [0.4, 0.5) is 0 Å². The van der Waals surface area contributed by atoms with Crippen LogP contribution in [0.25, 0.3) is 0 Å². The number of hydrogen-bond acceptors (Lipinski definition) is 6. The number of likely N-dealkylation sites (N-methyl/N-ethyl adjacent to an activating group) is 1. The second kappa shape index (κ2) is 9.03. The predicted molar refractivity (Wildman–Crippen MR) is 117 cm³/mol. The Kier molecular flexibility index (Phi) is 7.37. The van der Waals surface area contributed by atoms with Gasteiger partial charge in [-0.15, -0.1) is 12.4 Å². The lowest BCUT2D eigenvalue weighted by molar-refractivity contribution is 0.0950. The van der Waals surface area contributed by atoms with Gasteiger partial charge in [-0.1, -0.05) is 24.3 Å². The molecule has 1 unspecified atom stereocenters. The molecule has 3 N–H and O–H groups in total. The third-order valence-corrected chi connectivity index (χ3v) is 8.81. The Labute approximate surface area is 178 Å². The highest BCUT2D eigenvalue weighted by molar-refractivity contribution is 8.25. The number of sulfone groups is 1. The Morgan fingerprint density at radius 2 is 1.79 bits per heavy atom. The number of halogens is 1. The molecule has 0 fully saturated rings. The van der Waals surface area contributed by atoms with Crippen molar-refractivity contribution in [1.82, 2.24) is 10.2 Å². The monoisotopic (exact) mass is 460 g/mol. The first-order chi connectivity index (χ1) is 13.1. The van der Waals surface area contributed by atoms with Gasteiger partial charge in [0, 0.05) is 24.2 Å². The lowest BCUT2D eigenvalue weighted by Crippen LogP contribution is -2.32. The topological polar surface area (TPSA) is 107 Å². The van der Waals surface area contributed by atoms with Crippen molar-refractivity contribution in [2.75, 3.05) is 32.9 Å². The van der Waals surface area contributed by atoms with Crippen molar-refractivity contribution < 1.29 is 22.3 Å². The minimum atomic E-state index is -3.90. The number of rotatable bonds is 6. The summed E-state index contributed by atoms with van der Waals surface area (Å²) in [5.41, 5.74) is 0.354. The van der Waals surface area contributed by atoms with Crippen LogP contribution < -0.4 is 5.32 Å². The first kappa shape index (κ1) is 23.7. The molecular weight excluding hydrogens is 436 g/mol. The Hall–Kier alpha value is -1.62. The van der Waals surface area contributed by atoms with E-state index in [0.717, 1.165) is 0 Å². The van der Waals surface area contributed by atoms with Gasteiger partial charge in [-0.3, -0.25) is 13.9 Å². The number of amides is 1. The molecule has 1 aliphatic rings. The van der Waals surface area contributed by atoms with Crippen LogP contribution in [0.1, 0.15) is 21.2 Å². The third kappa shape index (κ3) is 4.76. The molecule has 0 spiro atoms. The van der Waals surface area contributed by atoms with Crippen molar-refractivity contribution in [1.29, 1.82) is 0 Å². The second-order valence-electron chi connectivity index (χ2n) is 6.96. The molecule has 0 saturated heterocycles. The van der Waals surface area contributed by atoms with Crippen LogP contribution in [0.15, 0.2) is 58.3 Å². The molecule has 1 amide bonds. The van der Waals surface area contributed by atoms with Gasteiger partial charge < -0.3 is 10.2 Å². The van der Waals surface area contributed by atoms with Crippen LogP contribution in [0.2, 0.25) is 0 Å². The van der Waals surface area contributed by atoms with E-state index in [1.165, 1.54) is 24.3 Å². The Morgan fingerprint density at radius 1 is 1.14 bits per heavy atom. The molecule has 29 heavy (non-hydrogen) atoms. The van der Waals surface area contributed by atoms with Gasteiger partial charge in [0.1, 0.15) is 5.25 Å². The van der Waals surface area contributed by atoms with Crippen molar-refractivity contribution in [3.8, 4) is 0 Å². The highest BCUT2D eigenvalue weighted by Crippen LogP contribution is 2.62. The predicted octanol–water partition coefficient (Wildman–Crippen LogP) is 3.04. The maximum Gasteiger partial charge on any atom is 0.251 e. The van der Waals surface area contributed by atoms with Crippen LogP contribution in [0, 0.1) is 0 Å². The quantitative estimate of drug-likeness (QED) is 0.611. The smallest absolute Gasteiger partial charge is 0.251 e. The van der Waals surface area contributed by atoms with Crippen molar-refractivity contribution in [3.05, 3.63) is 59.7 Å². The van der Waals surface area contributed by atoms with Crippen LogP contribution >= 0.6 is 23.0 Å². The highest BCUT2D eigenvalue weighted by Gasteiger charge is 2.45. The van der Waals surface area contributed by atoms with E-state index in [1.54, 1.807) is 24.3 Å². The normalized spacial score (nSPS) is 18.6. The Balaban J connectivity index is 0.00000300. The molecule has 1 heterocycles. The summed E-state index contributed by atoms with van der Waals surface area (Å²) >= 11 is 0. The average molecular weight is 461 g/mol. The molecule has 160 valence electrons. The zero-order chi connectivity index (χ0) is 20.5. The molecule has 0 aromatic heterocycles. The summed E-state index contributed by atoms with van der Waals surface area (Å²) < 4.78 is 47.5. The summed E-state index contributed by atoms with van der Waals surface area (Å²) in [6, 6.07) is 12.4. The molecule has 0 bridgehead atoms. The fraction of sp³-hybridized carbons (Fsp3) is 0.316. The van der Waals surface area contributed by atoms with Gasteiger partial charge in [-0.2, -0.15) is 10.6 Å². The molecule has 1 aliphatic heterocycles. The zero-order valence-corrected chi connectivity index (χ0v) is 18.6. The van der Waals surface area contributed by atoms with E-state index in [2.05, 4.69) is 5.32 Å². The minimum absolute atomic E-state index is 0. The van der Waals surface area contributed by atoms with E-state index < -0.39 is 31.6 Å². The van der Waals surface area contributed by atoms with E-state index in [0.29, 0.717) is 13.1 Å². The van der Waals surface area contributed by atoms with E-state index >= 15 is 0 Å².